The van der Waals surface area contributed by atoms with E-state index in [4.69, 9.17) is 4.84 Å². The Morgan fingerprint density at radius 1 is 0.921 bits per heavy atom. The van der Waals surface area contributed by atoms with E-state index in [1.165, 1.54) is 12.3 Å². The molecule has 2 N–H and O–H groups in total. The molecular weight excluding hydrogens is 572 g/mol. The maximum Gasteiger partial charge on any atom is 0.326 e. The number of anilines is 1. The molecule has 0 unspecified atom stereocenters. The van der Waals surface area contributed by atoms with Crippen molar-refractivity contribution in [1.29, 1.82) is 0 Å². The third-order valence-corrected chi connectivity index (χ3v) is 7.50. The molecule has 1 amide bonds. The largest absolute Gasteiger partial charge is 0.371 e. The molecule has 4 rings (SSSR count). The molecule has 0 bridgehead atoms. The van der Waals surface area contributed by atoms with Gasteiger partial charge in [-0.2, -0.15) is 5.48 Å². The minimum Gasteiger partial charge on any atom is -0.371 e. The summed E-state index contributed by atoms with van der Waals surface area (Å²) in [6.45, 7) is 0.225. The predicted octanol–water partition coefficient (Wildman–Crippen LogP) is 4.06. The number of halogens is 1. The number of benzene rings is 3. The summed E-state index contributed by atoms with van der Waals surface area (Å²) in [5, 5.41) is 1.40. The van der Waals surface area contributed by atoms with Gasteiger partial charge in [0.05, 0.1) is 16.9 Å². The molecule has 1 heterocycles. The van der Waals surface area contributed by atoms with Crippen molar-refractivity contribution in [2.24, 2.45) is 0 Å². The molecule has 3 aromatic carbocycles. The summed E-state index contributed by atoms with van der Waals surface area (Å²) >= 11 is 3.33. The first-order chi connectivity index (χ1) is 18.3. The highest BCUT2D eigenvalue weighted by Crippen LogP contribution is 2.22. The number of aromatic nitrogens is 1. The number of carbonyl (C=O) groups excluding carboxylic acids is 2. The fourth-order valence-electron chi connectivity index (χ4n) is 3.78. The highest BCUT2D eigenvalue weighted by Gasteiger charge is 2.19. The number of hydrogen-bond donors (Lipinski definition) is 2. The summed E-state index contributed by atoms with van der Waals surface area (Å²) in [5.74, 6) is -0.902. The number of carbonyl (C=O) groups is 2. The summed E-state index contributed by atoms with van der Waals surface area (Å²) in [5.41, 5.74) is 3.64. The van der Waals surface area contributed by atoms with Crippen molar-refractivity contribution in [3.8, 4) is 0 Å². The first kappa shape index (κ1) is 27.4. The van der Waals surface area contributed by atoms with Crippen molar-refractivity contribution in [2.75, 3.05) is 24.5 Å². The van der Waals surface area contributed by atoms with Gasteiger partial charge in [0, 0.05) is 47.6 Å². The molecule has 38 heavy (non-hydrogen) atoms. The van der Waals surface area contributed by atoms with Crippen LogP contribution >= 0.6 is 15.9 Å². The maximum absolute atomic E-state index is 13.1. The molecule has 0 atom stereocenters. The molecule has 0 aliphatic carbocycles. The Kier molecular flexibility index (Phi) is 9.19. The van der Waals surface area contributed by atoms with Crippen LogP contribution in [0.4, 0.5) is 5.69 Å². The van der Waals surface area contributed by atoms with Crippen molar-refractivity contribution in [3.63, 3.8) is 0 Å². The number of nitrogens with zero attached hydrogens (tertiary/aromatic N) is 2. The van der Waals surface area contributed by atoms with Crippen LogP contribution in [-0.2, 0) is 19.7 Å². The van der Waals surface area contributed by atoms with E-state index in [9.17, 15) is 18.0 Å². The van der Waals surface area contributed by atoms with Gasteiger partial charge in [-0.1, -0.05) is 54.6 Å². The average Bonchev–Trinajstić information content (AvgIpc) is 2.93. The van der Waals surface area contributed by atoms with Gasteiger partial charge in [-0.3, -0.25) is 14.6 Å². The molecule has 0 fully saturated rings. The number of para-hydroxylation sites is 1. The lowest BCUT2D eigenvalue weighted by molar-refractivity contribution is -0.150. The molecule has 196 valence electrons. The van der Waals surface area contributed by atoms with Gasteiger partial charge in [-0.25, -0.2) is 13.1 Å². The van der Waals surface area contributed by atoms with Crippen molar-refractivity contribution < 1.29 is 22.8 Å². The van der Waals surface area contributed by atoms with E-state index in [1.807, 2.05) is 36.4 Å². The number of amides is 1. The first-order valence-electron chi connectivity index (χ1n) is 11.7. The zero-order chi connectivity index (χ0) is 27.0. The van der Waals surface area contributed by atoms with Crippen LogP contribution in [0.2, 0.25) is 0 Å². The number of nitrogens with one attached hydrogen (secondary N) is 2. The molecule has 0 aliphatic heterocycles. The third kappa shape index (κ3) is 7.01. The Morgan fingerprint density at radius 2 is 1.66 bits per heavy atom. The van der Waals surface area contributed by atoms with Gasteiger partial charge in [0.25, 0.3) is 5.91 Å². The number of pyridine rings is 1. The molecule has 0 aliphatic rings. The molecule has 0 spiro atoms. The maximum atomic E-state index is 13.1. The quantitative estimate of drug-likeness (QED) is 0.198. The smallest absolute Gasteiger partial charge is 0.326 e. The molecule has 0 saturated heterocycles. The second kappa shape index (κ2) is 12.7. The number of rotatable bonds is 11. The van der Waals surface area contributed by atoms with Crippen molar-refractivity contribution >= 4 is 54.3 Å². The van der Waals surface area contributed by atoms with Crippen LogP contribution in [0, 0.1) is 0 Å². The zero-order valence-corrected chi connectivity index (χ0v) is 22.6. The van der Waals surface area contributed by atoms with Crippen LogP contribution in [0.5, 0.6) is 0 Å². The van der Waals surface area contributed by atoms with Gasteiger partial charge in [-0.05, 0) is 45.6 Å². The van der Waals surface area contributed by atoms with E-state index in [1.54, 1.807) is 47.5 Å². The van der Waals surface area contributed by atoms with Crippen molar-refractivity contribution in [3.05, 3.63) is 101 Å². The van der Waals surface area contributed by atoms with Crippen LogP contribution < -0.4 is 15.1 Å². The van der Waals surface area contributed by atoms with Crippen molar-refractivity contribution in [2.45, 2.75) is 11.3 Å². The number of hydroxylamine groups is 1. The first-order valence-corrected chi connectivity index (χ1v) is 14.0. The standard InChI is InChI=1S/C27H25BrN4O5S/c28-22-17-21(18-29-19-22)27(34)32(23-9-2-1-3-10-23)16-15-30-37-26(33)13-14-31-38(35,36)25-12-6-8-20-7-4-5-11-24(20)25/h1-12,17-19,30-31H,13-16H2. The van der Waals surface area contributed by atoms with E-state index in [0.29, 0.717) is 21.1 Å². The van der Waals surface area contributed by atoms with Crippen LogP contribution in [0.1, 0.15) is 16.8 Å². The van der Waals surface area contributed by atoms with Gasteiger partial charge in [0.1, 0.15) is 0 Å². The van der Waals surface area contributed by atoms with Gasteiger partial charge < -0.3 is 9.74 Å². The number of hydrogen-bond acceptors (Lipinski definition) is 7. The van der Waals surface area contributed by atoms with Crippen molar-refractivity contribution in [1.82, 2.24) is 15.2 Å². The lowest BCUT2D eigenvalue weighted by atomic mass is 10.1. The van der Waals surface area contributed by atoms with Crippen LogP contribution in [-0.4, -0.2) is 44.9 Å². The molecule has 0 radical (unpaired) electrons. The Morgan fingerprint density at radius 3 is 2.45 bits per heavy atom. The average molecular weight is 597 g/mol. The second-order valence-corrected chi connectivity index (χ2v) is 10.8. The number of sulfonamides is 1. The monoisotopic (exact) mass is 596 g/mol. The van der Waals surface area contributed by atoms with E-state index in [2.05, 4.69) is 31.1 Å². The summed E-state index contributed by atoms with van der Waals surface area (Å²) in [6, 6.07) is 23.0. The summed E-state index contributed by atoms with van der Waals surface area (Å²) < 4.78 is 28.7. The van der Waals surface area contributed by atoms with E-state index < -0.39 is 16.0 Å². The Hall–Kier alpha value is -3.64. The normalized spacial score (nSPS) is 11.3. The van der Waals surface area contributed by atoms with Crippen LogP contribution in [0.25, 0.3) is 10.8 Å². The Balaban J connectivity index is 1.28. The molecule has 1 aromatic heterocycles. The Bertz CT molecular complexity index is 1530. The highest BCUT2D eigenvalue weighted by molar-refractivity contribution is 9.10. The van der Waals surface area contributed by atoms with E-state index >= 15 is 0 Å². The summed E-state index contributed by atoms with van der Waals surface area (Å²) in [4.78, 5) is 36.1. The fourth-order valence-corrected chi connectivity index (χ4v) is 5.40. The molecule has 4 aromatic rings. The van der Waals surface area contributed by atoms with Gasteiger partial charge in [-0.15, -0.1) is 0 Å². The van der Waals surface area contributed by atoms with Crippen LogP contribution in [0.3, 0.4) is 0 Å². The zero-order valence-electron chi connectivity index (χ0n) is 20.2. The van der Waals surface area contributed by atoms with E-state index in [0.717, 1.165) is 5.39 Å². The molecular formula is C27H25BrN4O5S. The van der Waals surface area contributed by atoms with Gasteiger partial charge in [0.15, 0.2) is 0 Å². The lowest BCUT2D eigenvalue weighted by Gasteiger charge is -2.23. The fraction of sp³-hybridized carbons (Fsp3) is 0.148. The summed E-state index contributed by atoms with van der Waals surface area (Å²) in [7, 11) is -3.82. The molecule has 9 nitrogen and oxygen atoms in total. The minimum absolute atomic E-state index is 0.128. The third-order valence-electron chi connectivity index (χ3n) is 5.55. The second-order valence-electron chi connectivity index (χ2n) is 8.18. The lowest BCUT2D eigenvalue weighted by Crippen LogP contribution is -2.38. The highest BCUT2D eigenvalue weighted by atomic mass is 79.9. The number of fused-ring (bicyclic) bond motifs is 1. The van der Waals surface area contributed by atoms with E-state index in [-0.39, 0.29) is 36.9 Å². The predicted molar refractivity (Wildman–Crippen MR) is 148 cm³/mol. The minimum atomic E-state index is -3.82. The molecule has 0 saturated carbocycles. The van der Waals surface area contributed by atoms with Gasteiger partial charge >= 0.3 is 5.97 Å². The van der Waals surface area contributed by atoms with Crippen LogP contribution in [0.15, 0.2) is 101 Å². The topological polar surface area (TPSA) is 118 Å². The SMILES string of the molecule is O=C(CCNS(=O)(=O)c1cccc2ccccc12)ONCCN(C(=O)c1cncc(Br)c1)c1ccccc1. The van der Waals surface area contributed by atoms with Gasteiger partial charge in [0.2, 0.25) is 10.0 Å². The Labute approximate surface area is 229 Å². The molecule has 11 heteroatoms. The summed E-state index contributed by atoms with van der Waals surface area (Å²) in [6.07, 6.45) is 2.89.